The summed E-state index contributed by atoms with van der Waals surface area (Å²) in [5, 5.41) is 0. The second-order valence-electron chi connectivity index (χ2n) is 6.81. The summed E-state index contributed by atoms with van der Waals surface area (Å²) >= 11 is 0. The molecule has 6 nitrogen and oxygen atoms in total. The van der Waals surface area contributed by atoms with Crippen LogP contribution in [0.25, 0.3) is 0 Å². The molecule has 0 unspecified atom stereocenters. The third-order valence-corrected chi connectivity index (χ3v) is 4.10. The maximum atomic E-state index is 12.6. The van der Waals surface area contributed by atoms with Gasteiger partial charge in [0.1, 0.15) is 11.3 Å². The maximum Gasteiger partial charge on any atom is 0.261 e. The zero-order valence-electron chi connectivity index (χ0n) is 13.7. The molecule has 1 aromatic carbocycles. The van der Waals surface area contributed by atoms with E-state index in [1.807, 2.05) is 32.0 Å². The highest BCUT2D eigenvalue weighted by Crippen LogP contribution is 2.35. The number of likely N-dealkylation sites (tertiary alicyclic amines) is 1. The first-order valence-electron chi connectivity index (χ1n) is 7.82. The number of carbonyl (C=O) groups excluding carboxylic acids is 2. The molecule has 0 aliphatic carbocycles. The second-order valence-corrected chi connectivity index (χ2v) is 6.81. The number of amides is 2. The fourth-order valence-electron chi connectivity index (χ4n) is 3.26. The molecule has 1 fully saturated rings. The van der Waals surface area contributed by atoms with Crippen LogP contribution in [-0.4, -0.2) is 40.9 Å². The number of primary amides is 1. The van der Waals surface area contributed by atoms with Gasteiger partial charge in [0.2, 0.25) is 5.91 Å². The first-order chi connectivity index (χ1) is 10.7. The highest BCUT2D eigenvalue weighted by molar-refractivity contribution is 5.91. The number of rotatable bonds is 6. The number of hydrogen-bond acceptors (Lipinski definition) is 4. The minimum atomic E-state index is -1.02. The Hall–Kier alpha value is -2.08. The molecule has 1 atom stereocenters. The van der Waals surface area contributed by atoms with Crippen molar-refractivity contribution < 1.29 is 14.3 Å². The van der Waals surface area contributed by atoms with Gasteiger partial charge in [0.25, 0.3) is 5.91 Å². The van der Waals surface area contributed by atoms with E-state index in [9.17, 15) is 9.59 Å². The van der Waals surface area contributed by atoms with Crippen LogP contribution < -0.4 is 16.2 Å². The van der Waals surface area contributed by atoms with Gasteiger partial charge in [-0.1, -0.05) is 18.2 Å². The SMILES string of the molecule is CC(C)(N)C[C@@]1(C(N)=O)CCCN1C(=O)COc1ccccc1. The average Bonchev–Trinajstić information content (AvgIpc) is 2.89. The molecule has 4 N–H and O–H groups in total. The summed E-state index contributed by atoms with van der Waals surface area (Å²) in [4.78, 5) is 26.2. The Labute approximate surface area is 136 Å². The van der Waals surface area contributed by atoms with Crippen molar-refractivity contribution in [2.24, 2.45) is 11.5 Å². The molecule has 0 aromatic heterocycles. The van der Waals surface area contributed by atoms with Gasteiger partial charge in [-0.3, -0.25) is 9.59 Å². The molecule has 1 heterocycles. The van der Waals surface area contributed by atoms with E-state index in [-0.39, 0.29) is 12.5 Å². The molecule has 1 aromatic rings. The molecule has 23 heavy (non-hydrogen) atoms. The third kappa shape index (κ3) is 4.01. The predicted octanol–water partition coefficient (Wildman–Crippen LogP) is 1.04. The lowest BCUT2D eigenvalue weighted by atomic mass is 9.82. The molecule has 1 saturated heterocycles. The van der Waals surface area contributed by atoms with Crippen molar-refractivity contribution in [3.8, 4) is 5.75 Å². The van der Waals surface area contributed by atoms with Crippen LogP contribution in [0.4, 0.5) is 0 Å². The van der Waals surface area contributed by atoms with Crippen LogP contribution in [0.1, 0.15) is 33.1 Å². The number of nitrogens with zero attached hydrogens (tertiary/aromatic N) is 1. The molecule has 0 radical (unpaired) electrons. The number of nitrogens with two attached hydrogens (primary N) is 2. The highest BCUT2D eigenvalue weighted by atomic mass is 16.5. The molecule has 2 amide bonds. The van der Waals surface area contributed by atoms with Crippen molar-refractivity contribution in [1.82, 2.24) is 4.90 Å². The minimum absolute atomic E-state index is 0.121. The van der Waals surface area contributed by atoms with Crippen molar-refractivity contribution in [2.45, 2.75) is 44.2 Å². The molecule has 2 rings (SSSR count). The zero-order chi connectivity index (χ0) is 17.1. The van der Waals surface area contributed by atoms with Crippen molar-refractivity contribution >= 4 is 11.8 Å². The molecular formula is C17H25N3O3. The number of carbonyl (C=O) groups is 2. The lowest BCUT2D eigenvalue weighted by Crippen LogP contribution is -2.60. The number of para-hydroxylation sites is 1. The maximum absolute atomic E-state index is 12.6. The van der Waals surface area contributed by atoms with E-state index in [1.54, 1.807) is 17.0 Å². The van der Waals surface area contributed by atoms with Gasteiger partial charge in [-0.15, -0.1) is 0 Å². The Kier molecular flexibility index (Phi) is 4.94. The van der Waals surface area contributed by atoms with E-state index in [0.717, 1.165) is 6.42 Å². The first-order valence-corrected chi connectivity index (χ1v) is 7.82. The van der Waals surface area contributed by atoms with Crippen molar-refractivity contribution in [3.05, 3.63) is 30.3 Å². The second kappa shape index (κ2) is 6.58. The zero-order valence-corrected chi connectivity index (χ0v) is 13.7. The van der Waals surface area contributed by atoms with Gasteiger partial charge >= 0.3 is 0 Å². The Morgan fingerprint density at radius 2 is 1.96 bits per heavy atom. The Morgan fingerprint density at radius 3 is 2.52 bits per heavy atom. The Balaban J connectivity index is 2.12. The van der Waals surface area contributed by atoms with E-state index < -0.39 is 17.0 Å². The minimum Gasteiger partial charge on any atom is -0.484 e. The van der Waals surface area contributed by atoms with Crippen LogP contribution in [0.2, 0.25) is 0 Å². The van der Waals surface area contributed by atoms with Gasteiger partial charge in [0.05, 0.1) is 0 Å². The number of benzene rings is 1. The van der Waals surface area contributed by atoms with Gasteiger partial charge in [-0.2, -0.15) is 0 Å². The predicted molar refractivity (Wildman–Crippen MR) is 87.7 cm³/mol. The molecule has 6 heteroatoms. The van der Waals surface area contributed by atoms with Crippen LogP contribution in [0, 0.1) is 0 Å². The normalized spacial score (nSPS) is 21.3. The molecule has 0 bridgehead atoms. The van der Waals surface area contributed by atoms with Crippen LogP contribution in [0.15, 0.2) is 30.3 Å². The number of ether oxygens (including phenoxy) is 1. The van der Waals surface area contributed by atoms with Crippen molar-refractivity contribution in [1.29, 1.82) is 0 Å². The molecule has 1 aliphatic heterocycles. The fourth-order valence-corrected chi connectivity index (χ4v) is 3.26. The summed E-state index contributed by atoms with van der Waals surface area (Å²) in [5.74, 6) is -0.125. The molecule has 0 saturated carbocycles. The van der Waals surface area contributed by atoms with Crippen LogP contribution in [-0.2, 0) is 9.59 Å². The van der Waals surface area contributed by atoms with Crippen molar-refractivity contribution in [3.63, 3.8) is 0 Å². The van der Waals surface area contributed by atoms with Gasteiger partial charge in [0, 0.05) is 12.1 Å². The van der Waals surface area contributed by atoms with Crippen molar-refractivity contribution in [2.75, 3.05) is 13.2 Å². The lowest BCUT2D eigenvalue weighted by Gasteiger charge is -2.39. The standard InChI is InChI=1S/C17H25N3O3/c1-16(2,19)12-17(15(18)22)9-6-10-20(17)14(21)11-23-13-7-4-3-5-8-13/h3-5,7-8H,6,9-12,19H2,1-2H3,(H2,18,22)/t17-/m1/s1. The van der Waals surface area contributed by atoms with Crippen LogP contribution >= 0.6 is 0 Å². The van der Waals surface area contributed by atoms with E-state index in [2.05, 4.69) is 0 Å². The van der Waals surface area contributed by atoms with Gasteiger partial charge < -0.3 is 21.1 Å². The van der Waals surface area contributed by atoms with E-state index in [1.165, 1.54) is 0 Å². The Bertz CT molecular complexity index is 568. The molecular weight excluding hydrogens is 294 g/mol. The third-order valence-electron chi connectivity index (χ3n) is 4.10. The van der Waals surface area contributed by atoms with E-state index in [4.69, 9.17) is 16.2 Å². The van der Waals surface area contributed by atoms with Crippen LogP contribution in [0.5, 0.6) is 5.75 Å². The average molecular weight is 319 g/mol. The van der Waals surface area contributed by atoms with E-state index in [0.29, 0.717) is 25.1 Å². The fraction of sp³-hybridized carbons (Fsp3) is 0.529. The molecule has 0 spiro atoms. The highest BCUT2D eigenvalue weighted by Gasteiger charge is 2.50. The molecule has 126 valence electrons. The summed E-state index contributed by atoms with van der Waals surface area (Å²) in [6.07, 6.45) is 1.61. The quantitative estimate of drug-likeness (QED) is 0.818. The summed E-state index contributed by atoms with van der Waals surface area (Å²) in [6, 6.07) is 9.10. The smallest absolute Gasteiger partial charge is 0.261 e. The Morgan fingerprint density at radius 1 is 1.30 bits per heavy atom. The van der Waals surface area contributed by atoms with E-state index >= 15 is 0 Å². The monoisotopic (exact) mass is 319 g/mol. The summed E-state index contributed by atoms with van der Waals surface area (Å²) < 4.78 is 5.51. The molecule has 1 aliphatic rings. The first kappa shape index (κ1) is 17.3. The topological polar surface area (TPSA) is 98.6 Å². The van der Waals surface area contributed by atoms with Gasteiger partial charge in [-0.05, 0) is 45.2 Å². The summed E-state index contributed by atoms with van der Waals surface area (Å²) in [5.41, 5.74) is 10.1. The lowest BCUT2D eigenvalue weighted by molar-refractivity contribution is -0.146. The summed E-state index contributed by atoms with van der Waals surface area (Å²) in [7, 11) is 0. The summed E-state index contributed by atoms with van der Waals surface area (Å²) in [6.45, 7) is 4.04. The van der Waals surface area contributed by atoms with Crippen LogP contribution in [0.3, 0.4) is 0 Å². The number of hydrogen-bond donors (Lipinski definition) is 2. The largest absolute Gasteiger partial charge is 0.484 e. The van der Waals surface area contributed by atoms with Gasteiger partial charge in [0.15, 0.2) is 6.61 Å². The van der Waals surface area contributed by atoms with Gasteiger partial charge in [-0.25, -0.2) is 0 Å².